The SMILES string of the molecule is C=CCNC(=O)COC(C)OCC. The number of carbonyl (C=O) groups excluding carboxylic acids is 1. The van der Waals surface area contributed by atoms with Crippen LogP contribution in [-0.4, -0.2) is 32.0 Å². The highest BCUT2D eigenvalue weighted by Crippen LogP contribution is 1.91. The van der Waals surface area contributed by atoms with Gasteiger partial charge in [0.1, 0.15) is 6.61 Å². The van der Waals surface area contributed by atoms with Crippen molar-refractivity contribution in [3.05, 3.63) is 12.7 Å². The van der Waals surface area contributed by atoms with Crippen LogP contribution in [0.1, 0.15) is 13.8 Å². The molecule has 0 bridgehead atoms. The molecule has 0 saturated carbocycles. The molecular formula is C9H17NO3. The number of amides is 1. The number of ether oxygens (including phenoxy) is 2. The van der Waals surface area contributed by atoms with Gasteiger partial charge in [0, 0.05) is 13.2 Å². The van der Waals surface area contributed by atoms with Gasteiger partial charge in [0.15, 0.2) is 6.29 Å². The van der Waals surface area contributed by atoms with Crippen molar-refractivity contribution in [3.8, 4) is 0 Å². The van der Waals surface area contributed by atoms with Crippen LogP contribution in [0.25, 0.3) is 0 Å². The Labute approximate surface area is 78.9 Å². The molecule has 0 aliphatic carbocycles. The van der Waals surface area contributed by atoms with Crippen LogP contribution in [-0.2, 0) is 14.3 Å². The van der Waals surface area contributed by atoms with E-state index < -0.39 is 0 Å². The fraction of sp³-hybridized carbons (Fsp3) is 0.667. The summed E-state index contributed by atoms with van der Waals surface area (Å²) in [4.78, 5) is 11.0. The van der Waals surface area contributed by atoms with E-state index in [0.29, 0.717) is 13.2 Å². The van der Waals surface area contributed by atoms with Gasteiger partial charge in [-0.25, -0.2) is 0 Å². The Morgan fingerprint density at radius 1 is 1.62 bits per heavy atom. The van der Waals surface area contributed by atoms with E-state index in [1.165, 1.54) is 0 Å². The maximum Gasteiger partial charge on any atom is 0.246 e. The minimum atomic E-state index is -0.334. The number of hydrogen-bond donors (Lipinski definition) is 1. The molecule has 1 unspecified atom stereocenters. The van der Waals surface area contributed by atoms with Gasteiger partial charge in [0.05, 0.1) is 0 Å². The maximum atomic E-state index is 11.0. The van der Waals surface area contributed by atoms with E-state index >= 15 is 0 Å². The minimum Gasteiger partial charge on any atom is -0.353 e. The quantitative estimate of drug-likeness (QED) is 0.471. The average molecular weight is 187 g/mol. The first-order valence-electron chi connectivity index (χ1n) is 4.31. The molecule has 0 fully saturated rings. The fourth-order valence-electron chi connectivity index (χ4n) is 0.713. The zero-order chi connectivity index (χ0) is 10.1. The van der Waals surface area contributed by atoms with Crippen molar-refractivity contribution in [1.29, 1.82) is 0 Å². The molecule has 1 N–H and O–H groups in total. The smallest absolute Gasteiger partial charge is 0.246 e. The van der Waals surface area contributed by atoms with E-state index in [2.05, 4.69) is 11.9 Å². The largest absolute Gasteiger partial charge is 0.353 e. The molecule has 0 heterocycles. The highest BCUT2D eigenvalue weighted by atomic mass is 16.7. The van der Waals surface area contributed by atoms with Crippen LogP contribution >= 0.6 is 0 Å². The Bertz CT molecular complexity index is 159. The van der Waals surface area contributed by atoms with E-state index in [9.17, 15) is 4.79 Å². The van der Waals surface area contributed by atoms with Crippen LogP contribution in [0.3, 0.4) is 0 Å². The van der Waals surface area contributed by atoms with Gasteiger partial charge in [-0.3, -0.25) is 4.79 Å². The molecule has 0 aliphatic rings. The van der Waals surface area contributed by atoms with Gasteiger partial charge in [0.25, 0.3) is 0 Å². The van der Waals surface area contributed by atoms with Gasteiger partial charge in [-0.1, -0.05) is 6.08 Å². The van der Waals surface area contributed by atoms with Crippen molar-refractivity contribution in [1.82, 2.24) is 5.32 Å². The zero-order valence-corrected chi connectivity index (χ0v) is 8.21. The first-order chi connectivity index (χ1) is 6.20. The first kappa shape index (κ1) is 12.1. The molecule has 0 aromatic carbocycles. The van der Waals surface area contributed by atoms with Crippen molar-refractivity contribution in [2.24, 2.45) is 0 Å². The zero-order valence-electron chi connectivity index (χ0n) is 8.21. The highest BCUT2D eigenvalue weighted by Gasteiger charge is 2.04. The van der Waals surface area contributed by atoms with Crippen LogP contribution in [0.4, 0.5) is 0 Å². The second kappa shape index (κ2) is 7.76. The van der Waals surface area contributed by atoms with Gasteiger partial charge >= 0.3 is 0 Å². The maximum absolute atomic E-state index is 11.0. The number of hydrogen-bond acceptors (Lipinski definition) is 3. The summed E-state index contributed by atoms with van der Waals surface area (Å²) in [5.41, 5.74) is 0. The van der Waals surface area contributed by atoms with E-state index in [1.807, 2.05) is 6.92 Å². The summed E-state index contributed by atoms with van der Waals surface area (Å²) < 4.78 is 10.1. The normalized spacial score (nSPS) is 12.2. The first-order valence-corrected chi connectivity index (χ1v) is 4.31. The molecule has 1 amide bonds. The van der Waals surface area contributed by atoms with Gasteiger partial charge in [0.2, 0.25) is 5.91 Å². The lowest BCUT2D eigenvalue weighted by Crippen LogP contribution is -2.29. The number of carbonyl (C=O) groups is 1. The lowest BCUT2D eigenvalue weighted by molar-refractivity contribution is -0.149. The number of nitrogens with one attached hydrogen (secondary N) is 1. The molecule has 0 radical (unpaired) electrons. The Morgan fingerprint density at radius 2 is 2.31 bits per heavy atom. The molecule has 0 spiro atoms. The third-order valence-electron chi connectivity index (χ3n) is 1.29. The summed E-state index contributed by atoms with van der Waals surface area (Å²) >= 11 is 0. The summed E-state index contributed by atoms with van der Waals surface area (Å²) in [5, 5.41) is 2.59. The van der Waals surface area contributed by atoms with Gasteiger partial charge in [-0.05, 0) is 13.8 Å². The van der Waals surface area contributed by atoms with E-state index in [4.69, 9.17) is 9.47 Å². The molecule has 0 saturated heterocycles. The molecule has 0 aliphatic heterocycles. The van der Waals surface area contributed by atoms with Gasteiger partial charge in [-0.15, -0.1) is 6.58 Å². The average Bonchev–Trinajstić information content (AvgIpc) is 2.12. The second-order valence-corrected chi connectivity index (χ2v) is 2.43. The molecule has 76 valence electrons. The summed E-state index contributed by atoms with van der Waals surface area (Å²) in [5.74, 6) is -0.161. The standard InChI is InChI=1S/C9H17NO3/c1-4-6-10-9(11)7-13-8(3)12-5-2/h4,8H,1,5-7H2,2-3H3,(H,10,11). The van der Waals surface area contributed by atoms with E-state index in [-0.39, 0.29) is 18.8 Å². The third-order valence-corrected chi connectivity index (χ3v) is 1.29. The molecule has 0 rings (SSSR count). The highest BCUT2D eigenvalue weighted by molar-refractivity contribution is 5.77. The second-order valence-electron chi connectivity index (χ2n) is 2.43. The van der Waals surface area contributed by atoms with Gasteiger partial charge in [-0.2, -0.15) is 0 Å². The lowest BCUT2D eigenvalue weighted by atomic mass is 10.5. The van der Waals surface area contributed by atoms with Crippen molar-refractivity contribution in [2.75, 3.05) is 19.8 Å². The Morgan fingerprint density at radius 3 is 2.85 bits per heavy atom. The monoisotopic (exact) mass is 187 g/mol. The summed E-state index contributed by atoms with van der Waals surface area (Å²) in [6, 6.07) is 0. The van der Waals surface area contributed by atoms with Crippen LogP contribution in [0.15, 0.2) is 12.7 Å². The molecule has 1 atom stereocenters. The molecule has 0 aromatic heterocycles. The van der Waals surface area contributed by atoms with Crippen molar-refractivity contribution < 1.29 is 14.3 Å². The molecule has 4 nitrogen and oxygen atoms in total. The topological polar surface area (TPSA) is 47.6 Å². The Hall–Kier alpha value is -0.870. The fourth-order valence-corrected chi connectivity index (χ4v) is 0.713. The van der Waals surface area contributed by atoms with Crippen molar-refractivity contribution in [3.63, 3.8) is 0 Å². The summed E-state index contributed by atoms with van der Waals surface area (Å²) in [6.07, 6.45) is 1.28. The summed E-state index contributed by atoms with van der Waals surface area (Å²) in [7, 11) is 0. The Kier molecular flexibility index (Phi) is 7.24. The van der Waals surface area contributed by atoms with Crippen LogP contribution in [0.2, 0.25) is 0 Å². The predicted molar refractivity (Wildman–Crippen MR) is 50.2 cm³/mol. The number of rotatable bonds is 7. The van der Waals surface area contributed by atoms with Crippen molar-refractivity contribution in [2.45, 2.75) is 20.1 Å². The lowest BCUT2D eigenvalue weighted by Gasteiger charge is -2.11. The summed E-state index contributed by atoms with van der Waals surface area (Å²) in [6.45, 7) is 8.17. The van der Waals surface area contributed by atoms with Crippen LogP contribution in [0.5, 0.6) is 0 Å². The van der Waals surface area contributed by atoms with Crippen LogP contribution in [0, 0.1) is 0 Å². The predicted octanol–water partition coefficient (Wildman–Crippen LogP) is 0.688. The molecule has 0 aromatic rings. The minimum absolute atomic E-state index is 0.0228. The van der Waals surface area contributed by atoms with Crippen LogP contribution < -0.4 is 5.32 Å². The third kappa shape index (κ3) is 7.49. The van der Waals surface area contributed by atoms with E-state index in [0.717, 1.165) is 0 Å². The molecule has 4 heteroatoms. The van der Waals surface area contributed by atoms with E-state index in [1.54, 1.807) is 13.0 Å². The Balaban J connectivity index is 3.39. The molecule has 13 heavy (non-hydrogen) atoms. The molecular weight excluding hydrogens is 170 g/mol. The van der Waals surface area contributed by atoms with Crippen molar-refractivity contribution >= 4 is 5.91 Å². The van der Waals surface area contributed by atoms with Gasteiger partial charge < -0.3 is 14.8 Å².